The van der Waals surface area contributed by atoms with Gasteiger partial charge in [0.15, 0.2) is 0 Å². The number of esters is 1. The SMILES string of the molecule is CC(C)(C)OC(=O)c1cc(-c2cccc(Cl)c2)nn1C1(C#N)CC1. The fraction of sp³-hybridized carbons (Fsp3) is 0.389. The van der Waals surface area contributed by atoms with Gasteiger partial charge in [-0.2, -0.15) is 10.4 Å². The lowest BCUT2D eigenvalue weighted by atomic mass is 10.1. The molecule has 1 aromatic carbocycles. The quantitative estimate of drug-likeness (QED) is 0.784. The van der Waals surface area contributed by atoms with Crippen LogP contribution in [0.25, 0.3) is 11.3 Å². The van der Waals surface area contributed by atoms with Gasteiger partial charge in [0.05, 0.1) is 11.8 Å². The average Bonchev–Trinajstić information content (AvgIpc) is 3.16. The first-order valence-electron chi connectivity index (χ1n) is 7.75. The lowest BCUT2D eigenvalue weighted by Crippen LogP contribution is -2.28. The Hall–Kier alpha value is -2.32. The molecule has 0 saturated heterocycles. The highest BCUT2D eigenvalue weighted by molar-refractivity contribution is 6.30. The highest BCUT2D eigenvalue weighted by atomic mass is 35.5. The van der Waals surface area contributed by atoms with Gasteiger partial charge < -0.3 is 4.74 Å². The van der Waals surface area contributed by atoms with Crippen LogP contribution < -0.4 is 0 Å². The summed E-state index contributed by atoms with van der Waals surface area (Å²) in [4.78, 5) is 12.6. The zero-order valence-corrected chi connectivity index (χ0v) is 14.6. The van der Waals surface area contributed by atoms with Crippen LogP contribution in [0.1, 0.15) is 44.1 Å². The number of hydrogen-bond acceptors (Lipinski definition) is 4. The van der Waals surface area contributed by atoms with Gasteiger partial charge in [-0.05, 0) is 51.8 Å². The summed E-state index contributed by atoms with van der Waals surface area (Å²) in [7, 11) is 0. The minimum absolute atomic E-state index is 0.291. The molecule has 24 heavy (non-hydrogen) atoms. The van der Waals surface area contributed by atoms with Crippen LogP contribution in [0.5, 0.6) is 0 Å². The van der Waals surface area contributed by atoms with Gasteiger partial charge in [0, 0.05) is 10.6 Å². The van der Waals surface area contributed by atoms with Crippen LogP contribution >= 0.6 is 11.6 Å². The first-order chi connectivity index (χ1) is 11.2. The van der Waals surface area contributed by atoms with E-state index in [-0.39, 0.29) is 0 Å². The second-order valence-corrected chi connectivity index (χ2v) is 7.42. The van der Waals surface area contributed by atoms with E-state index in [0.29, 0.717) is 29.3 Å². The molecule has 0 atom stereocenters. The zero-order valence-electron chi connectivity index (χ0n) is 13.8. The van der Waals surface area contributed by atoms with Crippen molar-refractivity contribution in [3.63, 3.8) is 0 Å². The maximum absolute atomic E-state index is 12.6. The van der Waals surface area contributed by atoms with Crippen molar-refractivity contribution in [2.75, 3.05) is 0 Å². The second kappa shape index (κ2) is 5.64. The Labute approximate surface area is 145 Å². The van der Waals surface area contributed by atoms with E-state index < -0.39 is 17.1 Å². The van der Waals surface area contributed by atoms with Gasteiger partial charge in [-0.15, -0.1) is 0 Å². The van der Waals surface area contributed by atoms with Gasteiger partial charge in [-0.1, -0.05) is 23.7 Å². The van der Waals surface area contributed by atoms with E-state index in [4.69, 9.17) is 16.3 Å². The molecule has 0 unspecified atom stereocenters. The number of carbonyl (C=O) groups is 1. The number of halogens is 1. The van der Waals surface area contributed by atoms with E-state index in [0.717, 1.165) is 5.56 Å². The maximum atomic E-state index is 12.6. The van der Waals surface area contributed by atoms with Crippen LogP contribution in [0.15, 0.2) is 30.3 Å². The van der Waals surface area contributed by atoms with Crippen molar-refractivity contribution in [2.24, 2.45) is 0 Å². The molecule has 3 rings (SSSR count). The van der Waals surface area contributed by atoms with Crippen molar-refractivity contribution in [2.45, 2.75) is 44.8 Å². The number of aromatic nitrogens is 2. The number of carbonyl (C=O) groups excluding carboxylic acids is 1. The Morgan fingerprint density at radius 2 is 2.08 bits per heavy atom. The van der Waals surface area contributed by atoms with Crippen LogP contribution in [0, 0.1) is 11.3 Å². The monoisotopic (exact) mass is 343 g/mol. The molecule has 0 N–H and O–H groups in total. The predicted octanol–water partition coefficient (Wildman–Crippen LogP) is 4.17. The van der Waals surface area contributed by atoms with Crippen LogP contribution in [-0.4, -0.2) is 21.4 Å². The van der Waals surface area contributed by atoms with Gasteiger partial charge in [0.25, 0.3) is 0 Å². The lowest BCUT2D eigenvalue weighted by Gasteiger charge is -2.20. The maximum Gasteiger partial charge on any atom is 0.357 e. The Morgan fingerprint density at radius 1 is 1.38 bits per heavy atom. The van der Waals surface area contributed by atoms with Gasteiger partial charge >= 0.3 is 5.97 Å². The predicted molar refractivity (Wildman–Crippen MR) is 90.7 cm³/mol. The topological polar surface area (TPSA) is 67.9 Å². The molecule has 6 heteroatoms. The standard InChI is InChI=1S/C18H18ClN3O2/c1-17(2,3)24-16(23)15-10-14(12-5-4-6-13(19)9-12)21-22(15)18(11-20)7-8-18/h4-6,9-10H,7-8H2,1-3H3. The first-order valence-corrected chi connectivity index (χ1v) is 8.13. The molecule has 1 saturated carbocycles. The zero-order chi connectivity index (χ0) is 17.5. The minimum Gasteiger partial charge on any atom is -0.455 e. The van der Waals surface area contributed by atoms with Crippen LogP contribution in [-0.2, 0) is 10.3 Å². The number of nitrogens with zero attached hydrogens (tertiary/aromatic N) is 3. The van der Waals surface area contributed by atoms with Gasteiger partial charge in [0.1, 0.15) is 16.8 Å². The summed E-state index contributed by atoms with van der Waals surface area (Å²) in [6, 6.07) is 11.2. The van der Waals surface area contributed by atoms with Crippen LogP contribution in [0.4, 0.5) is 0 Å². The molecule has 1 heterocycles. The molecule has 5 nitrogen and oxygen atoms in total. The van der Waals surface area contributed by atoms with E-state index in [1.165, 1.54) is 4.68 Å². The summed E-state index contributed by atoms with van der Waals surface area (Å²) in [5, 5.41) is 14.6. The number of hydrogen-bond donors (Lipinski definition) is 0. The van der Waals surface area contributed by atoms with Crippen molar-refractivity contribution < 1.29 is 9.53 Å². The number of nitriles is 1. The minimum atomic E-state index is -0.747. The van der Waals surface area contributed by atoms with E-state index >= 15 is 0 Å². The molecule has 2 aromatic rings. The molecule has 0 radical (unpaired) electrons. The number of rotatable bonds is 3. The average molecular weight is 344 g/mol. The molecule has 0 aliphatic heterocycles. The van der Waals surface area contributed by atoms with Crippen molar-refractivity contribution in [1.82, 2.24) is 9.78 Å². The van der Waals surface area contributed by atoms with E-state index in [1.54, 1.807) is 39.0 Å². The molecule has 1 aromatic heterocycles. The van der Waals surface area contributed by atoms with Gasteiger partial charge in [-0.25, -0.2) is 9.48 Å². The van der Waals surface area contributed by atoms with Crippen molar-refractivity contribution in [1.29, 1.82) is 5.26 Å². The number of benzene rings is 1. The lowest BCUT2D eigenvalue weighted by molar-refractivity contribution is 0.00539. The smallest absolute Gasteiger partial charge is 0.357 e. The Kier molecular flexibility index (Phi) is 3.89. The summed E-state index contributed by atoms with van der Waals surface area (Å²) < 4.78 is 6.98. The molecule has 1 aliphatic rings. The summed E-state index contributed by atoms with van der Waals surface area (Å²) >= 11 is 6.04. The molecule has 0 bridgehead atoms. The van der Waals surface area contributed by atoms with E-state index in [2.05, 4.69) is 11.2 Å². The summed E-state index contributed by atoms with van der Waals surface area (Å²) in [6.07, 6.45) is 1.35. The van der Waals surface area contributed by atoms with E-state index in [9.17, 15) is 10.1 Å². The fourth-order valence-electron chi connectivity index (χ4n) is 2.46. The van der Waals surface area contributed by atoms with Crippen LogP contribution in [0.2, 0.25) is 5.02 Å². The summed E-state index contributed by atoms with van der Waals surface area (Å²) in [5.74, 6) is -0.482. The van der Waals surface area contributed by atoms with Gasteiger partial charge in [0.2, 0.25) is 0 Å². The van der Waals surface area contributed by atoms with Gasteiger partial charge in [-0.3, -0.25) is 0 Å². The van der Waals surface area contributed by atoms with Crippen LogP contribution in [0.3, 0.4) is 0 Å². The molecule has 124 valence electrons. The Bertz CT molecular complexity index is 839. The molecule has 0 spiro atoms. The van der Waals surface area contributed by atoms with Crippen molar-refractivity contribution >= 4 is 17.6 Å². The number of ether oxygens (including phenoxy) is 1. The third-order valence-corrected chi connectivity index (χ3v) is 4.01. The highest BCUT2D eigenvalue weighted by Gasteiger charge is 2.48. The fourth-order valence-corrected chi connectivity index (χ4v) is 2.65. The van der Waals surface area contributed by atoms with E-state index in [1.807, 2.05) is 12.1 Å². The second-order valence-electron chi connectivity index (χ2n) is 6.98. The highest BCUT2D eigenvalue weighted by Crippen LogP contribution is 2.44. The normalized spacial score (nSPS) is 15.6. The molecule has 1 aliphatic carbocycles. The van der Waals surface area contributed by atoms with Crippen molar-refractivity contribution in [3.05, 3.63) is 41.0 Å². The Morgan fingerprint density at radius 3 is 2.62 bits per heavy atom. The summed E-state index contributed by atoms with van der Waals surface area (Å²) in [5.41, 5.74) is 0.313. The third-order valence-electron chi connectivity index (χ3n) is 3.77. The molecular formula is C18H18ClN3O2. The molecule has 1 fully saturated rings. The molecular weight excluding hydrogens is 326 g/mol. The largest absolute Gasteiger partial charge is 0.455 e. The third kappa shape index (κ3) is 3.15. The summed E-state index contributed by atoms with van der Waals surface area (Å²) in [6.45, 7) is 5.42. The first kappa shape index (κ1) is 16.5. The Balaban J connectivity index is 2.07. The van der Waals surface area contributed by atoms with Crippen molar-refractivity contribution in [3.8, 4) is 17.3 Å². The molecule has 0 amide bonds.